The van der Waals surface area contributed by atoms with Gasteiger partial charge in [0, 0.05) is 12.6 Å². The van der Waals surface area contributed by atoms with Crippen molar-refractivity contribution in [1.82, 2.24) is 4.31 Å². The Hall–Kier alpha value is 0.150. The number of aliphatic hydroxyl groups is 1. The summed E-state index contributed by atoms with van der Waals surface area (Å²) in [6.07, 6.45) is 3.47. The molecule has 0 aromatic carbocycles. The minimum Gasteiger partial charge on any atom is -0.393 e. The summed E-state index contributed by atoms with van der Waals surface area (Å²) in [6, 6.07) is 1.22. The third-order valence-electron chi connectivity index (χ3n) is 3.65. The number of hydrogen-bond donors (Lipinski definition) is 1. The lowest BCUT2D eigenvalue weighted by Crippen LogP contribution is -2.41. The summed E-state index contributed by atoms with van der Waals surface area (Å²) in [7, 11) is -3.67. The maximum absolute atomic E-state index is 12.9. The number of hydrogen-bond acceptors (Lipinski definition) is 4. The van der Waals surface area contributed by atoms with E-state index in [1.807, 2.05) is 0 Å². The molecule has 0 aliphatic carbocycles. The molecule has 0 bridgehead atoms. The fraction of sp³-hybridized carbons (Fsp3) is 0.692. The second kappa shape index (κ2) is 7.15. The highest BCUT2D eigenvalue weighted by Gasteiger charge is 2.35. The molecular weight excluding hydrogens is 353 g/mol. The van der Waals surface area contributed by atoms with Crippen molar-refractivity contribution in [3.05, 3.63) is 14.7 Å². The smallest absolute Gasteiger partial charge is 0.245 e. The lowest BCUT2D eigenvalue weighted by Gasteiger charge is -2.29. The summed E-state index contributed by atoms with van der Waals surface area (Å²) in [5.41, 5.74) is 0. The SMILES string of the molecule is CC(O)CC1CCCCCN1S(=O)(=O)c1cc(Cl)sc1Cl. The van der Waals surface area contributed by atoms with Crippen LogP contribution in [-0.4, -0.2) is 36.5 Å². The van der Waals surface area contributed by atoms with Gasteiger partial charge in [-0.1, -0.05) is 36.0 Å². The Labute approximate surface area is 139 Å². The quantitative estimate of drug-likeness (QED) is 0.876. The summed E-state index contributed by atoms with van der Waals surface area (Å²) in [5.74, 6) is 0. The van der Waals surface area contributed by atoms with Gasteiger partial charge in [0.25, 0.3) is 0 Å². The minimum atomic E-state index is -3.67. The van der Waals surface area contributed by atoms with E-state index in [4.69, 9.17) is 23.2 Å². The van der Waals surface area contributed by atoms with E-state index in [0.29, 0.717) is 17.3 Å². The van der Waals surface area contributed by atoms with E-state index in [2.05, 4.69) is 0 Å². The third-order valence-corrected chi connectivity index (χ3v) is 7.35. The molecule has 2 unspecified atom stereocenters. The minimum absolute atomic E-state index is 0.0802. The van der Waals surface area contributed by atoms with Crippen molar-refractivity contribution in [2.45, 2.75) is 56.1 Å². The van der Waals surface area contributed by atoms with Gasteiger partial charge in [0.15, 0.2) is 0 Å². The molecule has 0 radical (unpaired) electrons. The Balaban J connectivity index is 2.36. The molecule has 1 aromatic rings. The highest BCUT2D eigenvalue weighted by Crippen LogP contribution is 2.37. The number of halogens is 2. The third kappa shape index (κ3) is 4.12. The molecule has 120 valence electrons. The van der Waals surface area contributed by atoms with E-state index in [9.17, 15) is 13.5 Å². The van der Waals surface area contributed by atoms with E-state index >= 15 is 0 Å². The van der Waals surface area contributed by atoms with Crippen molar-refractivity contribution in [3.8, 4) is 0 Å². The Kier molecular flexibility index (Phi) is 5.96. The Morgan fingerprint density at radius 2 is 2.14 bits per heavy atom. The van der Waals surface area contributed by atoms with Gasteiger partial charge < -0.3 is 5.11 Å². The molecule has 0 amide bonds. The van der Waals surface area contributed by atoms with Crippen LogP contribution in [0.4, 0.5) is 0 Å². The zero-order valence-corrected chi connectivity index (χ0v) is 14.9. The van der Waals surface area contributed by atoms with E-state index < -0.39 is 16.1 Å². The highest BCUT2D eigenvalue weighted by atomic mass is 35.5. The Morgan fingerprint density at radius 3 is 2.71 bits per heavy atom. The predicted molar refractivity (Wildman–Crippen MR) is 86.8 cm³/mol. The fourth-order valence-electron chi connectivity index (χ4n) is 2.72. The van der Waals surface area contributed by atoms with Crippen LogP contribution < -0.4 is 0 Å². The van der Waals surface area contributed by atoms with Crippen LogP contribution in [0.25, 0.3) is 0 Å². The number of sulfonamides is 1. The number of rotatable bonds is 4. The molecular formula is C13H19Cl2NO3S2. The van der Waals surface area contributed by atoms with Crippen molar-refractivity contribution >= 4 is 44.6 Å². The Bertz CT molecular complexity index is 586. The van der Waals surface area contributed by atoms with E-state index in [1.54, 1.807) is 6.92 Å². The normalized spacial score (nSPS) is 23.0. The summed E-state index contributed by atoms with van der Waals surface area (Å²) >= 11 is 13.0. The largest absolute Gasteiger partial charge is 0.393 e. The van der Waals surface area contributed by atoms with Gasteiger partial charge in [0.2, 0.25) is 10.0 Å². The molecule has 2 heterocycles. The monoisotopic (exact) mass is 371 g/mol. The van der Waals surface area contributed by atoms with Crippen LogP contribution in [0.1, 0.15) is 39.0 Å². The molecule has 0 spiro atoms. The lowest BCUT2D eigenvalue weighted by molar-refractivity contribution is 0.147. The fourth-order valence-corrected chi connectivity index (χ4v) is 6.54. The lowest BCUT2D eigenvalue weighted by atomic mass is 10.1. The van der Waals surface area contributed by atoms with Crippen LogP contribution in [0.2, 0.25) is 8.67 Å². The van der Waals surface area contributed by atoms with Gasteiger partial charge in [-0.2, -0.15) is 4.31 Å². The molecule has 1 saturated heterocycles. The highest BCUT2D eigenvalue weighted by molar-refractivity contribution is 7.89. The van der Waals surface area contributed by atoms with Crippen molar-refractivity contribution in [2.75, 3.05) is 6.54 Å². The Morgan fingerprint density at radius 1 is 1.43 bits per heavy atom. The van der Waals surface area contributed by atoms with Crippen LogP contribution in [0.5, 0.6) is 0 Å². The standard InChI is InChI=1S/C13H19Cl2NO3S2/c1-9(17)7-10-5-3-2-4-6-16(10)21(18,19)11-8-12(14)20-13(11)15/h8-10,17H,2-7H2,1H3. The molecule has 4 nitrogen and oxygen atoms in total. The predicted octanol–water partition coefficient (Wildman–Crippen LogP) is 3.76. The average molecular weight is 372 g/mol. The second-order valence-electron chi connectivity index (χ2n) is 5.39. The van der Waals surface area contributed by atoms with Crippen molar-refractivity contribution < 1.29 is 13.5 Å². The first-order valence-corrected chi connectivity index (χ1v) is 9.98. The first-order chi connectivity index (χ1) is 9.82. The van der Waals surface area contributed by atoms with Crippen molar-refractivity contribution in [1.29, 1.82) is 0 Å². The van der Waals surface area contributed by atoms with Gasteiger partial charge in [-0.3, -0.25) is 0 Å². The molecule has 0 saturated carbocycles. The second-order valence-corrected chi connectivity index (χ2v) is 9.54. The van der Waals surface area contributed by atoms with E-state index in [0.717, 1.165) is 37.0 Å². The van der Waals surface area contributed by atoms with Gasteiger partial charge in [0.1, 0.15) is 9.23 Å². The molecule has 1 aromatic heterocycles. The molecule has 2 rings (SSSR count). The molecule has 1 fully saturated rings. The summed E-state index contributed by atoms with van der Waals surface area (Å²) < 4.78 is 27.8. The van der Waals surface area contributed by atoms with Crippen LogP contribution in [0.3, 0.4) is 0 Å². The van der Waals surface area contributed by atoms with Gasteiger partial charge in [-0.25, -0.2) is 8.42 Å². The molecule has 1 aliphatic rings. The van der Waals surface area contributed by atoms with Crippen molar-refractivity contribution in [2.24, 2.45) is 0 Å². The maximum Gasteiger partial charge on any atom is 0.245 e. The number of thiophene rings is 1. The molecule has 21 heavy (non-hydrogen) atoms. The average Bonchev–Trinajstić information content (AvgIpc) is 2.59. The molecule has 1 aliphatic heterocycles. The van der Waals surface area contributed by atoms with Crippen molar-refractivity contribution in [3.63, 3.8) is 0 Å². The molecule has 1 N–H and O–H groups in total. The van der Waals surface area contributed by atoms with Crippen LogP contribution in [0.15, 0.2) is 11.0 Å². The maximum atomic E-state index is 12.9. The number of nitrogens with zero attached hydrogens (tertiary/aromatic N) is 1. The van der Waals surface area contributed by atoms with Gasteiger partial charge in [-0.05, 0) is 32.3 Å². The molecule has 2 atom stereocenters. The van der Waals surface area contributed by atoms with Crippen LogP contribution >= 0.6 is 34.5 Å². The topological polar surface area (TPSA) is 57.6 Å². The van der Waals surface area contributed by atoms with Crippen LogP contribution in [0, 0.1) is 0 Å². The van der Waals surface area contributed by atoms with E-state index in [-0.39, 0.29) is 15.3 Å². The summed E-state index contributed by atoms with van der Waals surface area (Å²) in [4.78, 5) is 0.0802. The molecule has 8 heteroatoms. The summed E-state index contributed by atoms with van der Waals surface area (Å²) in [5, 5.41) is 9.64. The van der Waals surface area contributed by atoms with Gasteiger partial charge in [0.05, 0.1) is 10.4 Å². The van der Waals surface area contributed by atoms with Gasteiger partial charge in [-0.15, -0.1) is 11.3 Å². The number of aliphatic hydroxyl groups excluding tert-OH is 1. The first kappa shape index (κ1) is 17.5. The zero-order valence-electron chi connectivity index (χ0n) is 11.8. The first-order valence-electron chi connectivity index (χ1n) is 6.97. The van der Waals surface area contributed by atoms with E-state index in [1.165, 1.54) is 10.4 Å². The zero-order chi connectivity index (χ0) is 15.6. The van der Waals surface area contributed by atoms with Gasteiger partial charge >= 0.3 is 0 Å². The summed E-state index contributed by atoms with van der Waals surface area (Å²) in [6.45, 7) is 2.15. The van der Waals surface area contributed by atoms with Crippen LogP contribution in [-0.2, 0) is 10.0 Å².